The molecule has 0 spiro atoms. The van der Waals surface area contributed by atoms with Crippen molar-refractivity contribution in [3.05, 3.63) is 53.6 Å². The molecule has 0 radical (unpaired) electrons. The molecule has 0 aliphatic rings. The van der Waals surface area contributed by atoms with Crippen molar-refractivity contribution in [2.24, 2.45) is 0 Å². The van der Waals surface area contributed by atoms with Crippen LogP contribution < -0.4 is 18.9 Å². The van der Waals surface area contributed by atoms with Crippen molar-refractivity contribution in [3.8, 4) is 23.0 Å². The minimum atomic E-state index is -0.487. The van der Waals surface area contributed by atoms with Crippen molar-refractivity contribution in [2.75, 3.05) is 42.1 Å². The molecule has 0 saturated carbocycles. The number of methoxy groups -OCH3 is 4. The Morgan fingerprint density at radius 1 is 0.935 bits per heavy atom. The predicted molar refractivity (Wildman–Crippen MR) is 122 cm³/mol. The van der Waals surface area contributed by atoms with Gasteiger partial charge in [0.05, 0.1) is 40.7 Å². The van der Waals surface area contributed by atoms with Gasteiger partial charge < -0.3 is 23.7 Å². The van der Waals surface area contributed by atoms with Gasteiger partial charge in [-0.25, -0.2) is 4.79 Å². The fourth-order valence-electron chi connectivity index (χ4n) is 3.06. The average molecular weight is 427 g/mol. The molecule has 7 nitrogen and oxygen atoms in total. The first-order chi connectivity index (χ1) is 14.9. The van der Waals surface area contributed by atoms with Crippen LogP contribution in [-0.4, -0.2) is 53.1 Å². The summed E-state index contributed by atoms with van der Waals surface area (Å²) >= 11 is 0. The Balaban J connectivity index is 2.74. The van der Waals surface area contributed by atoms with E-state index in [1.807, 2.05) is 24.3 Å². The fourth-order valence-corrected chi connectivity index (χ4v) is 3.06. The van der Waals surface area contributed by atoms with Gasteiger partial charge in [0.2, 0.25) is 0 Å². The van der Waals surface area contributed by atoms with Gasteiger partial charge >= 0.3 is 6.09 Å². The van der Waals surface area contributed by atoms with Gasteiger partial charge in [-0.1, -0.05) is 18.7 Å². The molecule has 0 unspecified atom stereocenters. The average Bonchev–Trinajstić information content (AvgIpc) is 2.81. The Kier molecular flexibility index (Phi) is 8.37. The molecule has 2 aromatic carbocycles. The molecule has 2 rings (SSSR count). The standard InChI is InChI=1S/C24H29NO6/c1-8-17-14-22(29-6)23(30-7)15-18(17)19(25(3)24(26)31-9-2)12-16-10-11-20(27-4)21(13-16)28-5/h8,10-15H,1,9H2,2-7H3/b19-12-. The highest BCUT2D eigenvalue weighted by Crippen LogP contribution is 2.37. The molecule has 0 aromatic heterocycles. The lowest BCUT2D eigenvalue weighted by Gasteiger charge is -2.23. The van der Waals surface area contributed by atoms with E-state index in [1.54, 1.807) is 60.6 Å². The molecule has 7 heteroatoms. The van der Waals surface area contributed by atoms with Gasteiger partial charge in [0.25, 0.3) is 0 Å². The van der Waals surface area contributed by atoms with E-state index in [0.717, 1.165) is 16.7 Å². The van der Waals surface area contributed by atoms with Crippen LogP contribution in [0.1, 0.15) is 23.6 Å². The van der Waals surface area contributed by atoms with Crippen LogP contribution >= 0.6 is 0 Å². The fraction of sp³-hybridized carbons (Fsp3) is 0.292. The van der Waals surface area contributed by atoms with Crippen LogP contribution in [-0.2, 0) is 4.74 Å². The van der Waals surface area contributed by atoms with Gasteiger partial charge in [0, 0.05) is 12.6 Å². The second kappa shape index (κ2) is 11.0. The molecule has 0 aliphatic carbocycles. The maximum atomic E-state index is 12.6. The summed E-state index contributed by atoms with van der Waals surface area (Å²) in [6.07, 6.45) is 3.06. The highest BCUT2D eigenvalue weighted by molar-refractivity contribution is 5.92. The van der Waals surface area contributed by atoms with Gasteiger partial charge in [0.1, 0.15) is 0 Å². The van der Waals surface area contributed by atoms with Crippen LogP contribution in [0.15, 0.2) is 36.9 Å². The highest BCUT2D eigenvalue weighted by Gasteiger charge is 2.21. The smallest absolute Gasteiger partial charge is 0.414 e. The summed E-state index contributed by atoms with van der Waals surface area (Å²) in [6, 6.07) is 9.11. The van der Waals surface area contributed by atoms with E-state index < -0.39 is 6.09 Å². The number of rotatable bonds is 9. The van der Waals surface area contributed by atoms with Crippen LogP contribution in [0.25, 0.3) is 17.8 Å². The number of amides is 1. The Morgan fingerprint density at radius 2 is 1.52 bits per heavy atom. The summed E-state index contributed by atoms with van der Waals surface area (Å²) in [5.74, 6) is 2.27. The SMILES string of the molecule is C=Cc1cc(OC)c(OC)cc1/C(=C/c1ccc(OC)c(OC)c1)N(C)C(=O)OCC. The van der Waals surface area contributed by atoms with E-state index in [9.17, 15) is 4.79 Å². The first kappa shape index (κ1) is 23.7. The molecule has 166 valence electrons. The number of carbonyl (C=O) groups excluding carboxylic acids is 1. The summed E-state index contributed by atoms with van der Waals surface area (Å²) < 4.78 is 26.8. The van der Waals surface area contributed by atoms with Crippen molar-refractivity contribution in [1.29, 1.82) is 0 Å². The minimum absolute atomic E-state index is 0.257. The third-order valence-electron chi connectivity index (χ3n) is 4.67. The first-order valence-corrected chi connectivity index (χ1v) is 9.66. The van der Waals surface area contributed by atoms with Gasteiger partial charge in [-0.05, 0) is 48.4 Å². The van der Waals surface area contributed by atoms with Crippen molar-refractivity contribution in [2.45, 2.75) is 6.92 Å². The Labute approximate surface area is 183 Å². The summed E-state index contributed by atoms with van der Waals surface area (Å²) in [7, 11) is 7.92. The van der Waals surface area contributed by atoms with Crippen molar-refractivity contribution in [3.63, 3.8) is 0 Å². The summed E-state index contributed by atoms with van der Waals surface area (Å²) in [4.78, 5) is 14.0. The number of ether oxygens (including phenoxy) is 5. The minimum Gasteiger partial charge on any atom is -0.493 e. The molecular weight excluding hydrogens is 398 g/mol. The zero-order valence-corrected chi connectivity index (χ0v) is 18.9. The molecule has 0 aliphatic heterocycles. The van der Waals surface area contributed by atoms with E-state index in [2.05, 4.69) is 6.58 Å². The van der Waals surface area contributed by atoms with Gasteiger partial charge in [0.15, 0.2) is 23.0 Å². The van der Waals surface area contributed by atoms with E-state index in [4.69, 9.17) is 23.7 Å². The third-order valence-corrected chi connectivity index (χ3v) is 4.67. The monoisotopic (exact) mass is 427 g/mol. The Bertz CT molecular complexity index is 967. The van der Waals surface area contributed by atoms with Crippen molar-refractivity contribution < 1.29 is 28.5 Å². The second-order valence-corrected chi connectivity index (χ2v) is 6.40. The lowest BCUT2D eigenvalue weighted by molar-refractivity contribution is 0.131. The topological polar surface area (TPSA) is 66.5 Å². The van der Waals surface area contributed by atoms with Crippen LogP contribution in [0.3, 0.4) is 0 Å². The van der Waals surface area contributed by atoms with Gasteiger partial charge in [-0.3, -0.25) is 4.90 Å². The molecule has 1 amide bonds. The van der Waals surface area contributed by atoms with Crippen LogP contribution in [0.4, 0.5) is 4.79 Å². The van der Waals surface area contributed by atoms with Gasteiger partial charge in [-0.2, -0.15) is 0 Å². The lowest BCUT2D eigenvalue weighted by Crippen LogP contribution is -2.26. The molecule has 31 heavy (non-hydrogen) atoms. The quantitative estimate of drug-likeness (QED) is 0.528. The molecule has 0 bridgehead atoms. The zero-order valence-electron chi connectivity index (χ0n) is 18.9. The molecule has 0 atom stereocenters. The van der Waals surface area contributed by atoms with E-state index >= 15 is 0 Å². The summed E-state index contributed by atoms with van der Waals surface area (Å²) in [5, 5.41) is 0. The first-order valence-electron chi connectivity index (χ1n) is 9.66. The summed E-state index contributed by atoms with van der Waals surface area (Å²) in [5.41, 5.74) is 2.87. The number of benzene rings is 2. The zero-order chi connectivity index (χ0) is 23.0. The number of nitrogens with zero attached hydrogens (tertiary/aromatic N) is 1. The number of hydrogen-bond acceptors (Lipinski definition) is 6. The molecule has 0 saturated heterocycles. The van der Waals surface area contributed by atoms with E-state index in [1.165, 1.54) is 4.90 Å². The van der Waals surface area contributed by atoms with Crippen molar-refractivity contribution in [1.82, 2.24) is 4.90 Å². The predicted octanol–water partition coefficient (Wildman–Crippen LogP) is 4.95. The Morgan fingerprint density at radius 3 is 2.06 bits per heavy atom. The van der Waals surface area contributed by atoms with E-state index in [-0.39, 0.29) is 6.61 Å². The largest absolute Gasteiger partial charge is 0.493 e. The second-order valence-electron chi connectivity index (χ2n) is 6.40. The van der Waals surface area contributed by atoms with Crippen molar-refractivity contribution >= 4 is 23.9 Å². The summed E-state index contributed by atoms with van der Waals surface area (Å²) in [6.45, 7) is 5.92. The third kappa shape index (κ3) is 5.31. The molecule has 0 heterocycles. The van der Waals surface area contributed by atoms with Crippen LogP contribution in [0.2, 0.25) is 0 Å². The molecular formula is C24H29NO6. The van der Waals surface area contributed by atoms with Crippen LogP contribution in [0.5, 0.6) is 23.0 Å². The van der Waals surface area contributed by atoms with E-state index in [0.29, 0.717) is 28.7 Å². The molecule has 0 N–H and O–H groups in total. The highest BCUT2D eigenvalue weighted by atomic mass is 16.6. The molecule has 2 aromatic rings. The van der Waals surface area contributed by atoms with Gasteiger partial charge in [-0.15, -0.1) is 0 Å². The number of hydrogen-bond donors (Lipinski definition) is 0. The Hall–Kier alpha value is -3.61. The normalized spacial score (nSPS) is 10.8. The number of carbonyl (C=O) groups is 1. The molecule has 0 fully saturated rings. The maximum absolute atomic E-state index is 12.6. The lowest BCUT2D eigenvalue weighted by atomic mass is 10.0. The van der Waals surface area contributed by atoms with Crippen LogP contribution in [0, 0.1) is 0 Å². The maximum Gasteiger partial charge on any atom is 0.414 e.